The van der Waals surface area contributed by atoms with Crippen molar-refractivity contribution in [3.63, 3.8) is 0 Å². The van der Waals surface area contributed by atoms with Gasteiger partial charge in [-0.05, 0) is 42.8 Å². The molecule has 6 heteroatoms. The Morgan fingerprint density at radius 3 is 2.58 bits per heavy atom. The van der Waals surface area contributed by atoms with Crippen LogP contribution < -0.4 is 5.32 Å². The third-order valence-electron chi connectivity index (χ3n) is 3.49. The number of carbonyl (C=O) groups is 1. The van der Waals surface area contributed by atoms with Crippen molar-refractivity contribution < 1.29 is 9.18 Å². The Labute approximate surface area is 143 Å². The van der Waals surface area contributed by atoms with E-state index in [1.807, 2.05) is 13.0 Å². The van der Waals surface area contributed by atoms with Crippen molar-refractivity contribution in [1.29, 1.82) is 0 Å². The van der Waals surface area contributed by atoms with Crippen molar-refractivity contribution in [3.05, 3.63) is 76.8 Å². The molecule has 2 heterocycles. The molecule has 3 rings (SSSR count). The summed E-state index contributed by atoms with van der Waals surface area (Å²) < 4.78 is 14.4. The first-order valence-corrected chi connectivity index (χ1v) is 7.57. The summed E-state index contributed by atoms with van der Waals surface area (Å²) in [4.78, 5) is 20.5. The van der Waals surface area contributed by atoms with Crippen LogP contribution in [0.3, 0.4) is 0 Å². The minimum atomic E-state index is -0.652. The van der Waals surface area contributed by atoms with Crippen molar-refractivity contribution in [3.8, 4) is 11.3 Å². The Hall–Kier alpha value is -2.79. The van der Waals surface area contributed by atoms with Crippen LogP contribution in [0.25, 0.3) is 11.3 Å². The Morgan fingerprint density at radius 1 is 1.12 bits per heavy atom. The summed E-state index contributed by atoms with van der Waals surface area (Å²) in [6.07, 6.45) is 3.13. The largest absolute Gasteiger partial charge is 0.306 e. The number of anilines is 1. The van der Waals surface area contributed by atoms with Gasteiger partial charge in [-0.15, -0.1) is 0 Å². The van der Waals surface area contributed by atoms with E-state index in [9.17, 15) is 9.18 Å². The maximum Gasteiger partial charge on any atom is 0.259 e. The van der Waals surface area contributed by atoms with Gasteiger partial charge in [0.05, 0.1) is 16.3 Å². The van der Waals surface area contributed by atoms with Crippen LogP contribution in [0.15, 0.2) is 54.9 Å². The van der Waals surface area contributed by atoms with Crippen LogP contribution in [0.1, 0.15) is 15.9 Å². The molecule has 0 saturated carbocycles. The lowest BCUT2D eigenvalue weighted by molar-refractivity contribution is 0.102. The van der Waals surface area contributed by atoms with Crippen LogP contribution in [0.2, 0.25) is 5.02 Å². The zero-order chi connectivity index (χ0) is 17.1. The van der Waals surface area contributed by atoms with Crippen molar-refractivity contribution in [2.24, 2.45) is 0 Å². The Kier molecular flexibility index (Phi) is 4.53. The molecular formula is C18H13ClFN3O. The molecule has 0 bridgehead atoms. The maximum atomic E-state index is 14.4. The molecule has 1 amide bonds. The Bertz CT molecular complexity index is 914. The molecule has 0 aliphatic carbocycles. The minimum Gasteiger partial charge on any atom is -0.306 e. The highest BCUT2D eigenvalue weighted by Gasteiger charge is 2.15. The summed E-state index contributed by atoms with van der Waals surface area (Å²) in [7, 11) is 0. The Balaban J connectivity index is 1.89. The predicted octanol–water partition coefficient (Wildman–Crippen LogP) is 4.50. The third-order valence-corrected chi connectivity index (χ3v) is 3.79. The van der Waals surface area contributed by atoms with E-state index in [0.717, 1.165) is 5.56 Å². The summed E-state index contributed by atoms with van der Waals surface area (Å²) in [6, 6.07) is 11.2. The second-order valence-electron chi connectivity index (χ2n) is 5.15. The van der Waals surface area contributed by atoms with E-state index in [2.05, 4.69) is 15.3 Å². The number of nitrogens with zero attached hydrogens (tertiary/aromatic N) is 2. The van der Waals surface area contributed by atoms with Crippen LogP contribution in [-0.2, 0) is 0 Å². The minimum absolute atomic E-state index is 0.0733. The number of benzene rings is 1. The SMILES string of the molecule is Cc1cccnc1NC(=O)c1ccc(-c2ncccc2Cl)cc1F. The van der Waals surface area contributed by atoms with Crippen molar-refractivity contribution in [2.75, 3.05) is 5.32 Å². The maximum absolute atomic E-state index is 14.4. The number of hydrogen-bond donors (Lipinski definition) is 1. The van der Waals surface area contributed by atoms with Gasteiger partial charge in [-0.1, -0.05) is 23.7 Å². The second-order valence-corrected chi connectivity index (χ2v) is 5.56. The van der Waals surface area contributed by atoms with E-state index in [0.29, 0.717) is 22.1 Å². The fourth-order valence-electron chi connectivity index (χ4n) is 2.24. The van der Waals surface area contributed by atoms with Crippen LogP contribution in [0.4, 0.5) is 10.2 Å². The number of hydrogen-bond acceptors (Lipinski definition) is 3. The summed E-state index contributed by atoms with van der Waals surface area (Å²) >= 11 is 6.07. The van der Waals surface area contributed by atoms with Crippen LogP contribution in [0, 0.1) is 12.7 Å². The Morgan fingerprint density at radius 2 is 1.88 bits per heavy atom. The van der Waals surface area contributed by atoms with Gasteiger partial charge < -0.3 is 5.32 Å². The van der Waals surface area contributed by atoms with Gasteiger partial charge >= 0.3 is 0 Å². The molecule has 24 heavy (non-hydrogen) atoms. The van der Waals surface area contributed by atoms with Gasteiger partial charge in [0.2, 0.25) is 0 Å². The molecule has 2 aromatic heterocycles. The normalized spacial score (nSPS) is 10.5. The fraction of sp³-hybridized carbons (Fsp3) is 0.0556. The standard InChI is InChI=1S/C18H13ClFN3O/c1-11-4-2-9-22-17(11)23-18(24)13-7-6-12(10-15(13)20)16-14(19)5-3-8-21-16/h2-10H,1H3,(H,22,23,24). The highest BCUT2D eigenvalue weighted by Crippen LogP contribution is 2.26. The molecule has 4 nitrogen and oxygen atoms in total. The van der Waals surface area contributed by atoms with E-state index >= 15 is 0 Å². The molecule has 1 N–H and O–H groups in total. The van der Waals surface area contributed by atoms with E-state index < -0.39 is 11.7 Å². The molecule has 0 radical (unpaired) electrons. The van der Waals surface area contributed by atoms with Gasteiger partial charge in [0.15, 0.2) is 0 Å². The van der Waals surface area contributed by atoms with Crippen LogP contribution >= 0.6 is 11.6 Å². The average Bonchev–Trinajstić information content (AvgIpc) is 2.57. The molecule has 0 atom stereocenters. The van der Waals surface area contributed by atoms with E-state index in [1.165, 1.54) is 12.1 Å². The van der Waals surface area contributed by atoms with E-state index in [1.54, 1.807) is 36.7 Å². The van der Waals surface area contributed by atoms with Crippen molar-refractivity contribution in [1.82, 2.24) is 9.97 Å². The lowest BCUT2D eigenvalue weighted by Crippen LogP contribution is -2.15. The molecular weight excluding hydrogens is 329 g/mol. The number of pyridine rings is 2. The molecule has 0 fully saturated rings. The number of aryl methyl sites for hydroxylation is 1. The number of halogens is 2. The number of rotatable bonds is 3. The monoisotopic (exact) mass is 341 g/mol. The van der Waals surface area contributed by atoms with Gasteiger partial charge in [0.1, 0.15) is 11.6 Å². The zero-order valence-corrected chi connectivity index (χ0v) is 13.5. The smallest absolute Gasteiger partial charge is 0.259 e. The molecule has 0 aliphatic rings. The molecule has 1 aromatic carbocycles. The van der Waals surface area contributed by atoms with Gasteiger partial charge in [-0.25, -0.2) is 9.37 Å². The van der Waals surface area contributed by atoms with Crippen molar-refractivity contribution >= 4 is 23.3 Å². The third kappa shape index (κ3) is 3.26. The van der Waals surface area contributed by atoms with Gasteiger partial charge in [0.25, 0.3) is 5.91 Å². The molecule has 0 unspecified atom stereocenters. The van der Waals surface area contributed by atoms with Crippen LogP contribution in [0.5, 0.6) is 0 Å². The second kappa shape index (κ2) is 6.76. The number of nitrogens with one attached hydrogen (secondary N) is 1. The number of aromatic nitrogens is 2. The van der Waals surface area contributed by atoms with E-state index in [-0.39, 0.29) is 5.56 Å². The molecule has 0 spiro atoms. The first-order valence-electron chi connectivity index (χ1n) is 7.19. The average molecular weight is 342 g/mol. The van der Waals surface area contributed by atoms with Gasteiger partial charge in [-0.2, -0.15) is 0 Å². The molecule has 0 aliphatic heterocycles. The topological polar surface area (TPSA) is 54.9 Å². The molecule has 120 valence electrons. The molecule has 3 aromatic rings. The van der Waals surface area contributed by atoms with Gasteiger partial charge in [0, 0.05) is 18.0 Å². The number of amides is 1. The zero-order valence-electron chi connectivity index (χ0n) is 12.8. The lowest BCUT2D eigenvalue weighted by atomic mass is 10.1. The summed E-state index contributed by atoms with van der Waals surface area (Å²) in [5.41, 5.74) is 1.69. The predicted molar refractivity (Wildman–Crippen MR) is 91.6 cm³/mol. The lowest BCUT2D eigenvalue weighted by Gasteiger charge is -2.09. The first kappa shape index (κ1) is 16.1. The molecule has 0 saturated heterocycles. The fourth-order valence-corrected chi connectivity index (χ4v) is 2.47. The first-order chi connectivity index (χ1) is 11.6. The van der Waals surface area contributed by atoms with Gasteiger partial charge in [-0.3, -0.25) is 9.78 Å². The highest BCUT2D eigenvalue weighted by atomic mass is 35.5. The highest BCUT2D eigenvalue weighted by molar-refractivity contribution is 6.33. The van der Waals surface area contributed by atoms with Crippen LogP contribution in [-0.4, -0.2) is 15.9 Å². The van der Waals surface area contributed by atoms with Crippen molar-refractivity contribution in [2.45, 2.75) is 6.92 Å². The van der Waals surface area contributed by atoms with E-state index in [4.69, 9.17) is 11.6 Å². The summed E-state index contributed by atoms with van der Waals surface area (Å²) in [5, 5.41) is 3.02. The number of carbonyl (C=O) groups excluding carboxylic acids is 1. The summed E-state index contributed by atoms with van der Waals surface area (Å²) in [6.45, 7) is 1.81. The summed E-state index contributed by atoms with van der Waals surface area (Å²) in [5.74, 6) is -0.813. The quantitative estimate of drug-likeness (QED) is 0.763.